The number of pyridine rings is 1. The lowest BCUT2D eigenvalue weighted by atomic mass is 10.0. The summed E-state index contributed by atoms with van der Waals surface area (Å²) in [5, 5.41) is 20.7. The quantitative estimate of drug-likeness (QED) is 0.412. The molecule has 0 aliphatic carbocycles. The summed E-state index contributed by atoms with van der Waals surface area (Å²) in [6.45, 7) is 1.05. The maximum atomic E-state index is 11.2. The molecule has 7 nitrogen and oxygen atoms in total. The van der Waals surface area contributed by atoms with E-state index in [4.69, 9.17) is 5.73 Å². The maximum Gasteiger partial charge on any atom is 0.233 e. The fraction of sp³-hybridized carbons (Fsp3) is 0.182. The van der Waals surface area contributed by atoms with E-state index in [1.807, 2.05) is 54.6 Å². The van der Waals surface area contributed by atoms with Crippen molar-refractivity contribution in [1.29, 1.82) is 0 Å². The second-order valence-corrected chi connectivity index (χ2v) is 6.81. The van der Waals surface area contributed by atoms with E-state index in [0.717, 1.165) is 39.0 Å². The zero-order valence-electron chi connectivity index (χ0n) is 15.9. The van der Waals surface area contributed by atoms with Gasteiger partial charge in [-0.1, -0.05) is 18.2 Å². The van der Waals surface area contributed by atoms with E-state index >= 15 is 0 Å². The lowest BCUT2D eigenvalue weighted by Gasteiger charge is -2.10. The van der Waals surface area contributed by atoms with Crippen LogP contribution in [0.3, 0.4) is 0 Å². The molecule has 1 aliphatic rings. The monoisotopic (exact) mass is 389 g/mol. The van der Waals surface area contributed by atoms with Gasteiger partial charge in [-0.25, -0.2) is 0 Å². The number of para-hydroxylation sites is 1. The summed E-state index contributed by atoms with van der Waals surface area (Å²) in [4.78, 5) is 15.6. The van der Waals surface area contributed by atoms with Crippen molar-refractivity contribution >= 4 is 39.8 Å². The van der Waals surface area contributed by atoms with Crippen LogP contribution in [0.1, 0.15) is 11.1 Å². The minimum Gasteiger partial charge on any atom is -0.383 e. The summed E-state index contributed by atoms with van der Waals surface area (Å²) in [6.07, 6.45) is 2.99. The van der Waals surface area contributed by atoms with Gasteiger partial charge < -0.3 is 26.8 Å². The number of amides is 1. The Balaban J connectivity index is 1.59. The van der Waals surface area contributed by atoms with Crippen molar-refractivity contribution in [2.75, 3.05) is 30.3 Å². The first-order valence-electron chi connectivity index (χ1n) is 9.51. The average Bonchev–Trinajstić information content (AvgIpc) is 3.06. The van der Waals surface area contributed by atoms with E-state index in [1.54, 1.807) is 6.20 Å². The Bertz CT molecular complexity index is 1070. The molecule has 0 saturated heterocycles. The average molecular weight is 389 g/mol. The molecule has 2 aromatic carbocycles. The van der Waals surface area contributed by atoms with E-state index in [-0.39, 0.29) is 12.5 Å². The zero-order chi connectivity index (χ0) is 20.2. The summed E-state index contributed by atoms with van der Waals surface area (Å²) in [5.41, 5.74) is 10.7. The van der Waals surface area contributed by atoms with E-state index < -0.39 is 6.23 Å². The van der Waals surface area contributed by atoms with Crippen LogP contribution in [0.15, 0.2) is 54.7 Å². The molecule has 1 unspecified atom stereocenters. The highest BCUT2D eigenvalue weighted by atomic mass is 16.3. The maximum absolute atomic E-state index is 11.2. The number of carbonyl (C=O) groups excluding carboxylic acids is 1. The van der Waals surface area contributed by atoms with Crippen LogP contribution in [0, 0.1) is 0 Å². The summed E-state index contributed by atoms with van der Waals surface area (Å²) < 4.78 is 0. The van der Waals surface area contributed by atoms with Crippen LogP contribution >= 0.6 is 0 Å². The van der Waals surface area contributed by atoms with E-state index in [9.17, 15) is 9.90 Å². The van der Waals surface area contributed by atoms with Gasteiger partial charge in [-0.15, -0.1) is 0 Å². The predicted molar refractivity (Wildman–Crippen MR) is 116 cm³/mol. The van der Waals surface area contributed by atoms with E-state index in [1.165, 1.54) is 0 Å². The first-order valence-corrected chi connectivity index (χ1v) is 9.51. The number of anilines is 2. The number of hydrogen-bond donors (Lipinski definition) is 5. The molecule has 29 heavy (non-hydrogen) atoms. The van der Waals surface area contributed by atoms with Gasteiger partial charge in [-0.05, 0) is 42.0 Å². The van der Waals surface area contributed by atoms with E-state index in [0.29, 0.717) is 13.1 Å². The molecule has 7 heteroatoms. The molecule has 1 aliphatic heterocycles. The predicted octanol–water partition coefficient (Wildman–Crippen LogP) is 2.01. The summed E-state index contributed by atoms with van der Waals surface area (Å²) >= 11 is 0. The molecule has 4 rings (SSSR count). The minimum absolute atomic E-state index is 0.0136. The molecular formula is C22H23N5O2. The topological polar surface area (TPSA) is 112 Å². The Kier molecular flexibility index (Phi) is 5.41. The first kappa shape index (κ1) is 18.9. The van der Waals surface area contributed by atoms with Crippen LogP contribution < -0.4 is 21.7 Å². The lowest BCUT2D eigenvalue weighted by molar-refractivity contribution is -0.119. The smallest absolute Gasteiger partial charge is 0.233 e. The van der Waals surface area contributed by atoms with Crippen molar-refractivity contribution < 1.29 is 9.90 Å². The Labute approximate surface area is 168 Å². The van der Waals surface area contributed by atoms with Crippen LogP contribution in [-0.4, -0.2) is 41.9 Å². The summed E-state index contributed by atoms with van der Waals surface area (Å²) in [5.74, 6) is -0.178. The van der Waals surface area contributed by atoms with Crippen molar-refractivity contribution in [2.45, 2.75) is 6.23 Å². The van der Waals surface area contributed by atoms with Gasteiger partial charge in [-0.3, -0.25) is 9.78 Å². The Morgan fingerprint density at radius 1 is 1.21 bits per heavy atom. The molecule has 0 fully saturated rings. The molecule has 6 N–H and O–H groups in total. The highest BCUT2D eigenvalue weighted by Crippen LogP contribution is 2.37. The molecule has 2 heterocycles. The summed E-state index contributed by atoms with van der Waals surface area (Å²) in [7, 11) is 0. The fourth-order valence-electron chi connectivity index (χ4n) is 3.44. The van der Waals surface area contributed by atoms with Crippen LogP contribution in [0.5, 0.6) is 0 Å². The second-order valence-electron chi connectivity index (χ2n) is 6.81. The number of aliphatic hydroxyl groups excluding tert-OH is 1. The van der Waals surface area contributed by atoms with Crippen LogP contribution in [0.25, 0.3) is 22.6 Å². The van der Waals surface area contributed by atoms with Gasteiger partial charge in [0.2, 0.25) is 5.91 Å². The number of aliphatic hydroxyl groups is 1. The molecule has 0 bridgehead atoms. The highest BCUT2D eigenvalue weighted by Gasteiger charge is 2.24. The number of nitrogens with two attached hydrogens (primary N) is 1. The molecule has 0 saturated carbocycles. The number of hydrogen-bond acceptors (Lipinski definition) is 6. The number of carbonyl (C=O) groups is 1. The van der Waals surface area contributed by atoms with Crippen molar-refractivity contribution in [3.05, 3.63) is 65.9 Å². The molecule has 3 aromatic rings. The fourth-order valence-corrected chi connectivity index (χ4v) is 3.44. The number of aromatic nitrogens is 1. The second kappa shape index (κ2) is 8.30. The largest absolute Gasteiger partial charge is 0.383 e. The van der Waals surface area contributed by atoms with Gasteiger partial charge in [0.15, 0.2) is 6.23 Å². The Morgan fingerprint density at radius 2 is 2.07 bits per heavy atom. The van der Waals surface area contributed by atoms with Gasteiger partial charge in [0.1, 0.15) is 0 Å². The SMILES string of the molecule is NCC(=O)NCCNc1ccc2c(c1)C(=Cc1ccnc3ccccc13)C(O)N2. The molecule has 1 amide bonds. The number of benzene rings is 2. The van der Waals surface area contributed by atoms with Crippen LogP contribution in [0.2, 0.25) is 0 Å². The van der Waals surface area contributed by atoms with Crippen molar-refractivity contribution in [3.8, 4) is 0 Å². The molecule has 0 radical (unpaired) electrons. The summed E-state index contributed by atoms with van der Waals surface area (Å²) in [6, 6.07) is 15.8. The number of fused-ring (bicyclic) bond motifs is 2. The van der Waals surface area contributed by atoms with Gasteiger partial charge in [0.05, 0.1) is 12.1 Å². The van der Waals surface area contributed by atoms with E-state index in [2.05, 4.69) is 20.9 Å². The van der Waals surface area contributed by atoms with Crippen molar-refractivity contribution in [2.24, 2.45) is 5.73 Å². The lowest BCUT2D eigenvalue weighted by Crippen LogP contribution is -2.33. The Hall–Kier alpha value is -3.42. The third kappa shape index (κ3) is 4.06. The normalized spacial score (nSPS) is 16.5. The highest BCUT2D eigenvalue weighted by molar-refractivity contribution is 5.99. The van der Waals surface area contributed by atoms with Gasteiger partial charge >= 0.3 is 0 Å². The van der Waals surface area contributed by atoms with Crippen LogP contribution in [0.4, 0.5) is 11.4 Å². The number of nitrogens with zero attached hydrogens (tertiary/aromatic N) is 1. The third-order valence-corrected chi connectivity index (χ3v) is 4.87. The molecule has 0 spiro atoms. The van der Waals surface area contributed by atoms with Gasteiger partial charge in [-0.2, -0.15) is 0 Å². The molecule has 1 aromatic heterocycles. The zero-order valence-corrected chi connectivity index (χ0v) is 15.9. The van der Waals surface area contributed by atoms with Crippen molar-refractivity contribution in [1.82, 2.24) is 10.3 Å². The third-order valence-electron chi connectivity index (χ3n) is 4.87. The molecule has 1 atom stereocenters. The first-order chi connectivity index (χ1) is 14.2. The standard InChI is InChI=1S/C22H23N5O2/c23-13-21(28)26-10-9-24-15-5-6-20-17(12-15)18(22(29)27-20)11-14-7-8-25-19-4-2-1-3-16(14)19/h1-8,11-12,22,24,27,29H,9-10,13,23H2,(H,26,28). The van der Waals surface area contributed by atoms with Gasteiger partial charge in [0.25, 0.3) is 0 Å². The minimum atomic E-state index is -0.781. The molecular weight excluding hydrogens is 366 g/mol. The number of rotatable bonds is 6. The van der Waals surface area contributed by atoms with Crippen molar-refractivity contribution in [3.63, 3.8) is 0 Å². The van der Waals surface area contributed by atoms with Gasteiger partial charge in [0, 0.05) is 47.2 Å². The van der Waals surface area contributed by atoms with Crippen LogP contribution in [-0.2, 0) is 4.79 Å². The number of nitrogens with one attached hydrogen (secondary N) is 3. The molecule has 148 valence electrons. The Morgan fingerprint density at radius 3 is 2.93 bits per heavy atom.